The molecule has 5 rings (SSSR count). The van der Waals surface area contributed by atoms with Gasteiger partial charge < -0.3 is 14.3 Å². The van der Waals surface area contributed by atoms with Crippen LogP contribution in [0.2, 0.25) is 0 Å². The third-order valence-electron chi connectivity index (χ3n) is 6.32. The van der Waals surface area contributed by atoms with E-state index in [1.807, 2.05) is 30.3 Å². The molecular weight excluding hydrogens is 414 g/mol. The summed E-state index contributed by atoms with van der Waals surface area (Å²) < 4.78 is 7.57. The quantitative estimate of drug-likeness (QED) is 0.510. The van der Waals surface area contributed by atoms with E-state index in [-0.39, 0.29) is 5.56 Å². The van der Waals surface area contributed by atoms with Gasteiger partial charge >= 0.3 is 0 Å². The van der Waals surface area contributed by atoms with Crippen molar-refractivity contribution in [2.24, 2.45) is 0 Å². The number of methoxy groups -OCH3 is 1. The third kappa shape index (κ3) is 4.07. The number of aromatic nitrogens is 4. The molecule has 7 nitrogen and oxygen atoms in total. The van der Waals surface area contributed by atoms with Crippen molar-refractivity contribution >= 4 is 0 Å². The number of nitrogens with zero attached hydrogens (tertiary/aromatic N) is 4. The number of aromatic amines is 1. The maximum absolute atomic E-state index is 12.7. The van der Waals surface area contributed by atoms with Crippen molar-refractivity contribution in [2.75, 3.05) is 13.7 Å². The molecule has 7 heteroatoms. The number of aryl methyl sites for hydroxylation is 1. The Bertz CT molecular complexity index is 1340. The fraction of sp³-hybridized carbons (Fsp3) is 0.269. The molecule has 0 saturated heterocycles. The molecule has 1 aromatic carbocycles. The van der Waals surface area contributed by atoms with Crippen molar-refractivity contribution in [3.8, 4) is 23.0 Å². The lowest BCUT2D eigenvalue weighted by Crippen LogP contribution is -2.35. The summed E-state index contributed by atoms with van der Waals surface area (Å²) in [5, 5.41) is 0. The Morgan fingerprint density at radius 3 is 2.67 bits per heavy atom. The van der Waals surface area contributed by atoms with Crippen LogP contribution < -0.4 is 10.3 Å². The molecule has 168 valence electrons. The molecule has 0 saturated carbocycles. The van der Waals surface area contributed by atoms with Crippen LogP contribution in [-0.2, 0) is 19.5 Å². The van der Waals surface area contributed by atoms with Crippen LogP contribution in [-0.4, -0.2) is 38.1 Å². The van der Waals surface area contributed by atoms with E-state index >= 15 is 0 Å². The smallest absolute Gasteiger partial charge is 0.254 e. The number of pyridine rings is 1. The summed E-state index contributed by atoms with van der Waals surface area (Å²) >= 11 is 0. The summed E-state index contributed by atoms with van der Waals surface area (Å²) in [6, 6.07) is 16.0. The van der Waals surface area contributed by atoms with Gasteiger partial charge in [0.1, 0.15) is 11.4 Å². The van der Waals surface area contributed by atoms with Crippen LogP contribution in [0.15, 0.2) is 59.5 Å². The summed E-state index contributed by atoms with van der Waals surface area (Å²) in [6.45, 7) is 6.57. The second-order valence-electron chi connectivity index (χ2n) is 8.45. The molecule has 0 fully saturated rings. The molecule has 4 aromatic rings. The number of benzene rings is 1. The molecule has 0 aliphatic carbocycles. The van der Waals surface area contributed by atoms with Crippen LogP contribution in [0, 0.1) is 13.8 Å². The van der Waals surface area contributed by atoms with Crippen LogP contribution >= 0.6 is 0 Å². The predicted molar refractivity (Wildman–Crippen MR) is 128 cm³/mol. The highest BCUT2D eigenvalue weighted by Crippen LogP contribution is 2.25. The number of nitrogens with one attached hydrogen (secondary N) is 1. The van der Waals surface area contributed by atoms with Gasteiger partial charge in [0.25, 0.3) is 5.56 Å². The van der Waals surface area contributed by atoms with Crippen molar-refractivity contribution in [1.29, 1.82) is 0 Å². The first kappa shape index (κ1) is 21.2. The standard InChI is InChI=1S/C26H27N5O2/c1-17-14-19(18(2)31(17)20-7-9-21(33-3)10-8-20)15-30-13-11-22-24(16-30)28-25(29-26(22)32)23-6-4-5-12-27-23/h4-10,12,14H,11,13,15-16H2,1-3H3,(H,28,29,32). The minimum absolute atomic E-state index is 0.0574. The second-order valence-corrected chi connectivity index (χ2v) is 8.45. The van der Waals surface area contributed by atoms with Gasteiger partial charge in [0.2, 0.25) is 0 Å². The number of rotatable bonds is 5. The molecule has 3 aromatic heterocycles. The highest BCUT2D eigenvalue weighted by atomic mass is 16.5. The summed E-state index contributed by atoms with van der Waals surface area (Å²) in [4.78, 5) is 27.0. The average molecular weight is 442 g/mol. The number of H-pyrrole nitrogens is 1. The summed E-state index contributed by atoms with van der Waals surface area (Å²) in [7, 11) is 1.68. The van der Waals surface area contributed by atoms with Gasteiger partial charge in [-0.2, -0.15) is 0 Å². The van der Waals surface area contributed by atoms with Gasteiger partial charge in [-0.3, -0.25) is 14.7 Å². The summed E-state index contributed by atoms with van der Waals surface area (Å²) in [5.41, 5.74) is 7.06. The van der Waals surface area contributed by atoms with E-state index in [1.54, 1.807) is 13.3 Å². The zero-order valence-corrected chi connectivity index (χ0v) is 19.1. The van der Waals surface area contributed by atoms with Crippen LogP contribution in [0.25, 0.3) is 17.2 Å². The Hall–Kier alpha value is -3.71. The lowest BCUT2D eigenvalue weighted by Gasteiger charge is -2.27. The van der Waals surface area contributed by atoms with E-state index in [4.69, 9.17) is 9.72 Å². The minimum Gasteiger partial charge on any atom is -0.497 e. The monoisotopic (exact) mass is 441 g/mol. The summed E-state index contributed by atoms with van der Waals surface area (Å²) in [5.74, 6) is 1.37. The lowest BCUT2D eigenvalue weighted by molar-refractivity contribution is 0.240. The molecule has 33 heavy (non-hydrogen) atoms. The summed E-state index contributed by atoms with van der Waals surface area (Å²) in [6.07, 6.45) is 2.40. The molecule has 0 spiro atoms. The average Bonchev–Trinajstić information content (AvgIpc) is 3.12. The molecule has 1 aliphatic heterocycles. The Kier molecular flexibility index (Phi) is 5.56. The molecule has 0 unspecified atom stereocenters. The van der Waals surface area contributed by atoms with Crippen molar-refractivity contribution in [3.05, 3.63) is 93.3 Å². The van der Waals surface area contributed by atoms with Crippen molar-refractivity contribution in [1.82, 2.24) is 24.4 Å². The van der Waals surface area contributed by atoms with Crippen LogP contribution in [0.1, 0.15) is 28.2 Å². The molecular formula is C26H27N5O2. The topological polar surface area (TPSA) is 76.0 Å². The Morgan fingerprint density at radius 1 is 1.12 bits per heavy atom. The van der Waals surface area contributed by atoms with Crippen LogP contribution in [0.3, 0.4) is 0 Å². The highest BCUT2D eigenvalue weighted by Gasteiger charge is 2.23. The van der Waals surface area contributed by atoms with Gasteiger partial charge in [0, 0.05) is 48.5 Å². The minimum atomic E-state index is -0.0574. The first-order chi connectivity index (χ1) is 16.0. The van der Waals surface area contributed by atoms with Crippen molar-refractivity contribution < 1.29 is 4.74 Å². The number of ether oxygens (including phenoxy) is 1. The molecule has 0 radical (unpaired) electrons. The van der Waals surface area contributed by atoms with Crippen molar-refractivity contribution in [2.45, 2.75) is 33.4 Å². The van der Waals surface area contributed by atoms with E-state index < -0.39 is 0 Å². The van der Waals surface area contributed by atoms with Gasteiger partial charge in [0.05, 0.1) is 12.8 Å². The van der Waals surface area contributed by atoms with E-state index in [2.05, 4.69) is 51.5 Å². The molecule has 0 atom stereocenters. The SMILES string of the molecule is COc1ccc(-n2c(C)cc(CN3CCc4c(nc(-c5ccccn5)[nH]c4=O)C3)c2C)cc1. The van der Waals surface area contributed by atoms with Gasteiger partial charge in [-0.25, -0.2) is 4.98 Å². The van der Waals surface area contributed by atoms with E-state index in [1.165, 1.54) is 17.0 Å². The van der Waals surface area contributed by atoms with Gasteiger partial charge in [-0.15, -0.1) is 0 Å². The molecule has 0 amide bonds. The molecule has 1 aliphatic rings. The first-order valence-electron chi connectivity index (χ1n) is 11.1. The number of hydrogen-bond donors (Lipinski definition) is 1. The maximum atomic E-state index is 12.7. The lowest BCUT2D eigenvalue weighted by atomic mass is 10.1. The van der Waals surface area contributed by atoms with E-state index in [0.29, 0.717) is 24.5 Å². The van der Waals surface area contributed by atoms with Crippen LogP contribution in [0.4, 0.5) is 0 Å². The Morgan fingerprint density at radius 2 is 1.94 bits per heavy atom. The normalized spacial score (nSPS) is 13.7. The Balaban J connectivity index is 1.40. The predicted octanol–water partition coefficient (Wildman–Crippen LogP) is 3.81. The van der Waals surface area contributed by atoms with E-state index in [0.717, 1.165) is 35.8 Å². The largest absolute Gasteiger partial charge is 0.497 e. The van der Waals surface area contributed by atoms with Gasteiger partial charge in [-0.05, 0) is 68.3 Å². The molecule has 1 N–H and O–H groups in total. The fourth-order valence-corrected chi connectivity index (χ4v) is 4.61. The maximum Gasteiger partial charge on any atom is 0.254 e. The zero-order chi connectivity index (χ0) is 22.9. The van der Waals surface area contributed by atoms with Gasteiger partial charge in [0.15, 0.2) is 5.82 Å². The van der Waals surface area contributed by atoms with Crippen molar-refractivity contribution in [3.63, 3.8) is 0 Å². The third-order valence-corrected chi connectivity index (χ3v) is 6.32. The number of hydrogen-bond acceptors (Lipinski definition) is 5. The highest BCUT2D eigenvalue weighted by molar-refractivity contribution is 5.49. The second kappa shape index (κ2) is 8.67. The van der Waals surface area contributed by atoms with Crippen LogP contribution in [0.5, 0.6) is 5.75 Å². The van der Waals surface area contributed by atoms with E-state index in [9.17, 15) is 4.79 Å². The first-order valence-corrected chi connectivity index (χ1v) is 11.1. The fourth-order valence-electron chi connectivity index (χ4n) is 4.61. The Labute approximate surface area is 192 Å². The zero-order valence-electron chi connectivity index (χ0n) is 19.1. The number of fused-ring (bicyclic) bond motifs is 1. The molecule has 0 bridgehead atoms. The van der Waals surface area contributed by atoms with Gasteiger partial charge in [-0.1, -0.05) is 6.07 Å². The molecule has 4 heterocycles.